The Balaban J connectivity index is 3.01. The van der Waals surface area contributed by atoms with E-state index in [9.17, 15) is 12.8 Å². The Morgan fingerprint density at radius 1 is 1.42 bits per heavy atom. The van der Waals surface area contributed by atoms with Crippen LogP contribution in [-0.2, 0) is 10.0 Å². The van der Waals surface area contributed by atoms with Gasteiger partial charge in [-0.1, -0.05) is 19.8 Å². The highest BCUT2D eigenvalue weighted by atomic mass is 32.2. The maximum atomic E-state index is 13.5. The highest BCUT2D eigenvalue weighted by Crippen LogP contribution is 2.22. The quantitative estimate of drug-likeness (QED) is 0.790. The van der Waals surface area contributed by atoms with Crippen LogP contribution >= 0.6 is 0 Å². The van der Waals surface area contributed by atoms with Gasteiger partial charge < -0.3 is 5.73 Å². The minimum Gasteiger partial charge on any atom is -0.399 e. The Labute approximate surface area is 114 Å². The monoisotopic (exact) mass is 288 g/mol. The molecule has 0 fully saturated rings. The van der Waals surface area contributed by atoms with Crippen LogP contribution in [0, 0.1) is 12.7 Å². The molecule has 1 unspecified atom stereocenters. The highest BCUT2D eigenvalue weighted by Gasteiger charge is 2.21. The second-order valence-electron chi connectivity index (χ2n) is 4.79. The van der Waals surface area contributed by atoms with Gasteiger partial charge in [0.2, 0.25) is 10.0 Å². The third-order valence-corrected chi connectivity index (χ3v) is 4.67. The van der Waals surface area contributed by atoms with Crippen molar-refractivity contribution >= 4 is 15.7 Å². The van der Waals surface area contributed by atoms with E-state index in [-0.39, 0.29) is 22.2 Å². The topological polar surface area (TPSA) is 72.2 Å². The summed E-state index contributed by atoms with van der Waals surface area (Å²) < 4.78 is 40.5. The number of hydrogen-bond donors (Lipinski definition) is 2. The molecule has 0 radical (unpaired) electrons. The van der Waals surface area contributed by atoms with Crippen molar-refractivity contribution in [3.8, 4) is 0 Å². The van der Waals surface area contributed by atoms with Crippen LogP contribution in [0.4, 0.5) is 10.1 Å². The fourth-order valence-corrected chi connectivity index (χ4v) is 3.42. The molecule has 3 N–H and O–H groups in total. The number of halogens is 1. The second-order valence-corrected chi connectivity index (χ2v) is 6.47. The van der Waals surface area contributed by atoms with Gasteiger partial charge in [0.1, 0.15) is 5.82 Å². The molecule has 1 aromatic carbocycles. The Morgan fingerprint density at radius 3 is 2.63 bits per heavy atom. The first-order valence-electron chi connectivity index (χ1n) is 6.36. The van der Waals surface area contributed by atoms with E-state index in [1.165, 1.54) is 13.0 Å². The number of unbranched alkanes of at least 4 members (excludes halogenated alkanes) is 1. The zero-order chi connectivity index (χ0) is 14.6. The molecule has 1 atom stereocenters. The van der Waals surface area contributed by atoms with Crippen molar-refractivity contribution in [2.24, 2.45) is 0 Å². The summed E-state index contributed by atoms with van der Waals surface area (Å²) in [5.41, 5.74) is 5.69. The predicted molar refractivity (Wildman–Crippen MR) is 74.9 cm³/mol. The molecular weight excluding hydrogens is 267 g/mol. The Hall–Kier alpha value is -1.14. The van der Waals surface area contributed by atoms with Crippen LogP contribution in [0.25, 0.3) is 0 Å². The van der Waals surface area contributed by atoms with Crippen molar-refractivity contribution in [1.29, 1.82) is 0 Å². The van der Waals surface area contributed by atoms with Crippen molar-refractivity contribution in [2.75, 3.05) is 5.73 Å². The second kappa shape index (κ2) is 6.34. The number of sulfonamides is 1. The molecule has 0 aliphatic heterocycles. The van der Waals surface area contributed by atoms with Gasteiger partial charge in [-0.15, -0.1) is 0 Å². The summed E-state index contributed by atoms with van der Waals surface area (Å²) in [6, 6.07) is 2.22. The summed E-state index contributed by atoms with van der Waals surface area (Å²) in [6.45, 7) is 5.27. The van der Waals surface area contributed by atoms with Crippen molar-refractivity contribution in [1.82, 2.24) is 4.72 Å². The Kier molecular flexibility index (Phi) is 5.31. The number of benzene rings is 1. The maximum absolute atomic E-state index is 13.5. The fraction of sp³-hybridized carbons (Fsp3) is 0.538. The van der Waals surface area contributed by atoms with Crippen LogP contribution in [0.3, 0.4) is 0 Å². The SMILES string of the molecule is CCCCC(C)NS(=O)(=O)c1cc(N)cc(F)c1C. The number of nitrogens with two attached hydrogens (primary N) is 1. The molecule has 0 bridgehead atoms. The molecule has 0 saturated heterocycles. The van der Waals surface area contributed by atoms with Gasteiger partial charge in [-0.05, 0) is 32.4 Å². The molecule has 108 valence electrons. The number of nitrogens with one attached hydrogen (secondary N) is 1. The molecule has 0 heterocycles. The summed E-state index contributed by atoms with van der Waals surface area (Å²) >= 11 is 0. The summed E-state index contributed by atoms with van der Waals surface area (Å²) in [7, 11) is -3.74. The summed E-state index contributed by atoms with van der Waals surface area (Å²) in [6.07, 6.45) is 2.69. The van der Waals surface area contributed by atoms with Gasteiger partial charge in [-0.25, -0.2) is 17.5 Å². The van der Waals surface area contributed by atoms with Crippen LogP contribution in [0.5, 0.6) is 0 Å². The van der Waals surface area contributed by atoms with E-state index in [4.69, 9.17) is 5.73 Å². The lowest BCUT2D eigenvalue weighted by Gasteiger charge is -2.15. The van der Waals surface area contributed by atoms with Gasteiger partial charge in [0.05, 0.1) is 4.90 Å². The van der Waals surface area contributed by atoms with Gasteiger partial charge >= 0.3 is 0 Å². The third kappa shape index (κ3) is 4.18. The molecule has 4 nitrogen and oxygen atoms in total. The average molecular weight is 288 g/mol. The number of nitrogen functional groups attached to an aromatic ring is 1. The Bertz CT molecular complexity index is 544. The number of anilines is 1. The smallest absolute Gasteiger partial charge is 0.241 e. The summed E-state index contributed by atoms with van der Waals surface area (Å²) in [5, 5.41) is 0. The minimum atomic E-state index is -3.74. The average Bonchev–Trinajstić information content (AvgIpc) is 2.30. The van der Waals surface area contributed by atoms with Crippen LogP contribution in [-0.4, -0.2) is 14.5 Å². The molecule has 6 heteroatoms. The largest absolute Gasteiger partial charge is 0.399 e. The van der Waals surface area contributed by atoms with Gasteiger partial charge in [0, 0.05) is 17.3 Å². The van der Waals surface area contributed by atoms with Crippen LogP contribution in [0.15, 0.2) is 17.0 Å². The van der Waals surface area contributed by atoms with Gasteiger partial charge in [0.25, 0.3) is 0 Å². The lowest BCUT2D eigenvalue weighted by atomic mass is 10.2. The van der Waals surface area contributed by atoms with E-state index >= 15 is 0 Å². The van der Waals surface area contributed by atoms with Gasteiger partial charge in [-0.3, -0.25) is 0 Å². The van der Waals surface area contributed by atoms with Gasteiger partial charge in [0.15, 0.2) is 0 Å². The molecule has 0 aromatic heterocycles. The number of hydrogen-bond acceptors (Lipinski definition) is 3. The molecule has 1 aromatic rings. The van der Waals surface area contributed by atoms with E-state index in [1.807, 2.05) is 6.92 Å². The predicted octanol–water partition coefficient (Wildman–Crippen LogP) is 2.57. The van der Waals surface area contributed by atoms with Crippen molar-refractivity contribution in [3.63, 3.8) is 0 Å². The molecule has 0 spiro atoms. The number of rotatable bonds is 6. The standard InChI is InChI=1S/C13H21FN2O2S/c1-4-5-6-9(2)16-19(17,18)13-8-11(15)7-12(14)10(13)3/h7-9,16H,4-6,15H2,1-3H3. The first-order valence-corrected chi connectivity index (χ1v) is 7.84. The van der Waals surface area contributed by atoms with Gasteiger partial charge in [-0.2, -0.15) is 0 Å². The van der Waals surface area contributed by atoms with Crippen molar-refractivity contribution in [3.05, 3.63) is 23.5 Å². The van der Waals surface area contributed by atoms with E-state index in [2.05, 4.69) is 4.72 Å². The molecular formula is C13H21FN2O2S. The van der Waals surface area contributed by atoms with Crippen LogP contribution in [0.1, 0.15) is 38.7 Å². The van der Waals surface area contributed by atoms with Crippen LogP contribution < -0.4 is 10.5 Å². The first-order chi connectivity index (χ1) is 8.77. The molecule has 0 aliphatic rings. The van der Waals surface area contributed by atoms with Crippen molar-refractivity contribution in [2.45, 2.75) is 51.0 Å². The lowest BCUT2D eigenvalue weighted by Crippen LogP contribution is -2.33. The molecule has 0 saturated carbocycles. The fourth-order valence-electron chi connectivity index (χ4n) is 1.85. The van der Waals surface area contributed by atoms with E-state index < -0.39 is 15.8 Å². The molecule has 1 rings (SSSR count). The lowest BCUT2D eigenvalue weighted by molar-refractivity contribution is 0.532. The summed E-state index contributed by atoms with van der Waals surface area (Å²) in [4.78, 5) is -0.0895. The zero-order valence-corrected chi connectivity index (χ0v) is 12.3. The molecule has 0 aliphatic carbocycles. The van der Waals surface area contributed by atoms with E-state index in [0.29, 0.717) is 0 Å². The highest BCUT2D eigenvalue weighted by molar-refractivity contribution is 7.89. The van der Waals surface area contributed by atoms with E-state index in [0.717, 1.165) is 25.3 Å². The minimum absolute atomic E-state index is 0.0874. The normalized spacial score (nSPS) is 13.5. The van der Waals surface area contributed by atoms with E-state index in [1.54, 1.807) is 6.92 Å². The third-order valence-electron chi connectivity index (χ3n) is 2.96. The van der Waals surface area contributed by atoms with Crippen LogP contribution in [0.2, 0.25) is 0 Å². The Morgan fingerprint density at radius 2 is 2.05 bits per heavy atom. The zero-order valence-electron chi connectivity index (χ0n) is 11.5. The molecule has 19 heavy (non-hydrogen) atoms. The first kappa shape index (κ1) is 15.9. The van der Waals surface area contributed by atoms with Crippen molar-refractivity contribution < 1.29 is 12.8 Å². The maximum Gasteiger partial charge on any atom is 0.241 e. The summed E-state index contributed by atoms with van der Waals surface area (Å²) in [5.74, 6) is -0.610. The molecule has 0 amide bonds.